The molecular weight excluding hydrogens is 184 g/mol. The number of rotatable bonds is 3. The van der Waals surface area contributed by atoms with E-state index in [0.717, 1.165) is 13.0 Å². The average Bonchev–Trinajstić information content (AvgIpc) is 1.85. The molecule has 1 atom stereocenters. The van der Waals surface area contributed by atoms with Gasteiger partial charge in [0.05, 0.1) is 0 Å². The molecule has 0 spiro atoms. The lowest BCUT2D eigenvalue weighted by Gasteiger charge is -2.07. The van der Waals surface area contributed by atoms with Gasteiger partial charge in [-0.3, -0.25) is 4.55 Å². The largest absolute Gasteiger partial charge is 0.440 e. The third kappa shape index (κ3) is 4.09. The van der Waals surface area contributed by atoms with Gasteiger partial charge in [-0.05, 0) is 13.8 Å². The zero-order valence-electron chi connectivity index (χ0n) is 6.72. The predicted molar refractivity (Wildman–Crippen MR) is 41.9 cm³/mol. The molecule has 6 heteroatoms. The van der Waals surface area contributed by atoms with Crippen molar-refractivity contribution in [1.82, 2.24) is 0 Å². The van der Waals surface area contributed by atoms with Crippen LogP contribution in [0.3, 0.4) is 0 Å². The van der Waals surface area contributed by atoms with Gasteiger partial charge in [-0.15, -0.1) is 0 Å². The van der Waals surface area contributed by atoms with Crippen LogP contribution in [-0.4, -0.2) is 24.4 Å². The summed E-state index contributed by atoms with van der Waals surface area (Å²) in [6.45, 7) is 2.65. The molecule has 0 fully saturated rings. The van der Waals surface area contributed by atoms with Gasteiger partial charge in [0.1, 0.15) is 0 Å². The molecule has 0 bridgehead atoms. The van der Waals surface area contributed by atoms with E-state index in [1.165, 1.54) is 6.08 Å². The summed E-state index contributed by atoms with van der Waals surface area (Å²) in [6.07, 6.45) is 2.46. The van der Waals surface area contributed by atoms with Gasteiger partial charge in [0, 0.05) is 6.08 Å². The Bertz CT molecular complexity index is 276. The summed E-state index contributed by atoms with van der Waals surface area (Å²) in [5.41, 5.74) is -1.53. The van der Waals surface area contributed by atoms with E-state index in [1.54, 1.807) is 6.92 Å². The number of esters is 1. The Morgan fingerprint density at radius 2 is 2.08 bits per heavy atom. The van der Waals surface area contributed by atoms with Gasteiger partial charge in [-0.25, -0.2) is 4.79 Å². The van der Waals surface area contributed by atoms with Crippen molar-refractivity contribution in [2.45, 2.75) is 19.3 Å². The molecule has 0 aliphatic heterocycles. The molecule has 0 amide bonds. The van der Waals surface area contributed by atoms with Crippen molar-refractivity contribution in [3.05, 3.63) is 12.2 Å². The van der Waals surface area contributed by atoms with Crippen molar-refractivity contribution in [3.63, 3.8) is 0 Å². The monoisotopic (exact) mass is 194 g/mol. The second-order valence-electron chi connectivity index (χ2n) is 2.02. The fourth-order valence-electron chi connectivity index (χ4n) is 0.400. The van der Waals surface area contributed by atoms with Crippen molar-refractivity contribution < 1.29 is 22.5 Å². The van der Waals surface area contributed by atoms with Gasteiger partial charge in [0.15, 0.2) is 0 Å². The maximum Gasteiger partial charge on any atom is 0.331 e. The first kappa shape index (κ1) is 11.1. The summed E-state index contributed by atoms with van der Waals surface area (Å²) < 4.78 is 33.3. The van der Waals surface area contributed by atoms with Gasteiger partial charge in [-0.2, -0.15) is 8.42 Å². The maximum atomic E-state index is 10.6. The molecule has 0 saturated carbocycles. The molecule has 0 aliphatic rings. The number of allylic oxidation sites excluding steroid dienone is 1. The molecule has 0 heterocycles. The van der Waals surface area contributed by atoms with Crippen LogP contribution >= 0.6 is 0 Å². The third-order valence-corrected chi connectivity index (χ3v) is 1.94. The quantitative estimate of drug-likeness (QED) is 0.398. The van der Waals surface area contributed by atoms with Crippen LogP contribution in [-0.2, 0) is 19.6 Å². The summed E-state index contributed by atoms with van der Waals surface area (Å²) in [7, 11) is -4.29. The molecule has 0 radical (unpaired) electrons. The van der Waals surface area contributed by atoms with Gasteiger partial charge >= 0.3 is 16.1 Å². The van der Waals surface area contributed by atoms with Gasteiger partial charge in [-0.1, -0.05) is 6.08 Å². The second-order valence-corrected chi connectivity index (χ2v) is 3.71. The minimum atomic E-state index is -4.29. The number of carbonyl (C=O) groups is 1. The van der Waals surface area contributed by atoms with Crippen LogP contribution in [0.5, 0.6) is 0 Å². The van der Waals surface area contributed by atoms with Crippen LogP contribution < -0.4 is 0 Å². The van der Waals surface area contributed by atoms with Crippen LogP contribution in [0.25, 0.3) is 0 Å². The van der Waals surface area contributed by atoms with Crippen LogP contribution in [0.15, 0.2) is 12.2 Å². The maximum absolute atomic E-state index is 10.6. The lowest BCUT2D eigenvalue weighted by Crippen LogP contribution is -2.22. The van der Waals surface area contributed by atoms with Gasteiger partial charge in [0.25, 0.3) is 0 Å². The molecule has 1 unspecified atom stereocenters. The predicted octanol–water partition coefficient (Wildman–Crippen LogP) is 0.339. The molecule has 70 valence electrons. The number of hydrogen-bond donors (Lipinski definition) is 1. The van der Waals surface area contributed by atoms with Crippen molar-refractivity contribution in [1.29, 1.82) is 0 Å². The number of hydrogen-bond acceptors (Lipinski definition) is 4. The summed E-state index contributed by atoms with van der Waals surface area (Å²) in [5.74, 6) is -0.803. The van der Waals surface area contributed by atoms with Crippen molar-refractivity contribution in [2.24, 2.45) is 0 Å². The smallest absolute Gasteiger partial charge is 0.331 e. The first-order valence-corrected chi connectivity index (χ1v) is 4.68. The lowest BCUT2D eigenvalue weighted by molar-refractivity contribution is -0.139. The highest BCUT2D eigenvalue weighted by Gasteiger charge is 2.20. The normalized spacial score (nSPS) is 14.6. The topological polar surface area (TPSA) is 80.7 Å². The number of ether oxygens (including phenoxy) is 1. The Morgan fingerprint density at radius 1 is 1.58 bits per heavy atom. The molecule has 1 N–H and O–H groups in total. The summed E-state index contributed by atoms with van der Waals surface area (Å²) in [5, 5.41) is 0. The highest BCUT2D eigenvalue weighted by molar-refractivity contribution is 7.86. The zero-order chi connectivity index (χ0) is 9.78. The fraction of sp³-hybridized carbons (Fsp3) is 0.500. The van der Waals surface area contributed by atoms with E-state index < -0.39 is 21.5 Å². The molecule has 0 aromatic rings. The van der Waals surface area contributed by atoms with Crippen molar-refractivity contribution in [3.8, 4) is 0 Å². The highest BCUT2D eigenvalue weighted by atomic mass is 32.2. The minimum absolute atomic E-state index is 0.803. The standard InChI is InChI=1S/C6H10O5S/c1-3-4-6(7)11-5(2)12(8,9)10/h3-5H,1-2H3,(H,8,9,10). The van der Waals surface area contributed by atoms with E-state index in [-0.39, 0.29) is 0 Å². The molecule has 0 aliphatic carbocycles. The zero-order valence-corrected chi connectivity index (χ0v) is 7.54. The second kappa shape index (κ2) is 4.22. The summed E-state index contributed by atoms with van der Waals surface area (Å²) >= 11 is 0. The first-order chi connectivity index (χ1) is 5.38. The van der Waals surface area contributed by atoms with E-state index >= 15 is 0 Å². The van der Waals surface area contributed by atoms with E-state index in [4.69, 9.17) is 4.55 Å². The van der Waals surface area contributed by atoms with E-state index in [0.29, 0.717) is 0 Å². The molecule has 0 saturated heterocycles. The average molecular weight is 194 g/mol. The molecule has 0 aromatic heterocycles. The Morgan fingerprint density at radius 3 is 2.42 bits per heavy atom. The van der Waals surface area contributed by atoms with Crippen LogP contribution in [0.1, 0.15) is 13.8 Å². The number of carbonyl (C=O) groups excluding carboxylic acids is 1. The third-order valence-electron chi connectivity index (χ3n) is 1.00. The van der Waals surface area contributed by atoms with Crippen LogP contribution in [0, 0.1) is 0 Å². The summed E-state index contributed by atoms with van der Waals surface area (Å²) in [4.78, 5) is 10.6. The Balaban J connectivity index is 4.21. The van der Waals surface area contributed by atoms with E-state index in [2.05, 4.69) is 4.74 Å². The van der Waals surface area contributed by atoms with Crippen LogP contribution in [0.4, 0.5) is 0 Å². The highest BCUT2D eigenvalue weighted by Crippen LogP contribution is 2.00. The first-order valence-electron chi connectivity index (χ1n) is 3.17. The molecule has 12 heavy (non-hydrogen) atoms. The SMILES string of the molecule is CC=CC(=O)OC(C)S(=O)(=O)O. The van der Waals surface area contributed by atoms with Gasteiger partial charge in [0.2, 0.25) is 5.44 Å². The Hall–Kier alpha value is -0.880. The fourth-order valence-corrected chi connectivity index (χ4v) is 0.616. The minimum Gasteiger partial charge on any atom is -0.440 e. The van der Waals surface area contributed by atoms with Crippen molar-refractivity contribution >= 4 is 16.1 Å². The molecule has 0 rings (SSSR count). The Labute approximate surface area is 70.8 Å². The molecule has 0 aromatic carbocycles. The Kier molecular flexibility index (Phi) is 3.91. The molecule has 5 nitrogen and oxygen atoms in total. The van der Waals surface area contributed by atoms with Crippen LogP contribution in [0.2, 0.25) is 0 Å². The molecular formula is C6H10O5S. The van der Waals surface area contributed by atoms with Crippen molar-refractivity contribution in [2.75, 3.05) is 0 Å². The van der Waals surface area contributed by atoms with Gasteiger partial charge < -0.3 is 4.74 Å². The van der Waals surface area contributed by atoms with E-state index in [1.807, 2.05) is 0 Å². The lowest BCUT2D eigenvalue weighted by atomic mass is 10.5. The van der Waals surface area contributed by atoms with E-state index in [9.17, 15) is 13.2 Å². The summed E-state index contributed by atoms with van der Waals surface area (Å²) in [6, 6.07) is 0.